The van der Waals surface area contributed by atoms with E-state index in [-0.39, 0.29) is 0 Å². The Morgan fingerprint density at radius 3 is 3.00 bits per heavy atom. The number of aryl methyl sites for hydroxylation is 1. The van der Waals surface area contributed by atoms with Crippen LogP contribution in [0.15, 0.2) is 35.8 Å². The topological polar surface area (TPSA) is 25.4 Å². The summed E-state index contributed by atoms with van der Waals surface area (Å²) in [5.74, 6) is 1.12. The van der Waals surface area contributed by atoms with Gasteiger partial charge in [-0.1, -0.05) is 6.07 Å². The lowest BCUT2D eigenvalue weighted by atomic mass is 9.93. The van der Waals surface area contributed by atoms with Crippen LogP contribution in [0.25, 0.3) is 0 Å². The molecule has 2 fully saturated rings. The fourth-order valence-electron chi connectivity index (χ4n) is 3.47. The Balaban J connectivity index is 1.24. The lowest BCUT2D eigenvalue weighted by Crippen LogP contribution is -2.58. The van der Waals surface area contributed by atoms with E-state index < -0.39 is 0 Å². The van der Waals surface area contributed by atoms with Gasteiger partial charge in [-0.05, 0) is 42.5 Å². The Hall–Kier alpha value is -0.880. The number of likely N-dealkylation sites (tertiary alicyclic amines) is 1. The molecule has 2 aliphatic heterocycles. The van der Waals surface area contributed by atoms with Crippen molar-refractivity contribution >= 4 is 23.1 Å². The third-order valence-corrected chi connectivity index (χ3v) is 7.31. The van der Waals surface area contributed by atoms with E-state index in [1.807, 2.05) is 35.7 Å². The number of nitrogens with zero attached hydrogens (tertiary/aromatic N) is 2. The summed E-state index contributed by atoms with van der Waals surface area (Å²) >= 11 is 4.00. The predicted molar refractivity (Wildman–Crippen MR) is 97.0 cm³/mol. The van der Waals surface area contributed by atoms with Gasteiger partial charge in [-0.25, -0.2) is 0 Å². The minimum atomic E-state index is 0.382. The van der Waals surface area contributed by atoms with Gasteiger partial charge in [0.1, 0.15) is 0 Å². The number of rotatable bonds is 5. The largest absolute Gasteiger partial charge is 0.371 e. The SMILES string of the molecule is Cc1ccsc1CN1CC2(CC(OCc3ccccn3)CS2)C1. The van der Waals surface area contributed by atoms with Crippen LogP contribution < -0.4 is 0 Å². The molecule has 2 aliphatic rings. The number of pyridine rings is 1. The normalized spacial score (nSPS) is 23.3. The molecule has 5 heteroatoms. The molecule has 2 aromatic heterocycles. The first-order chi connectivity index (χ1) is 11.2. The summed E-state index contributed by atoms with van der Waals surface area (Å²) in [5.41, 5.74) is 2.47. The zero-order valence-electron chi connectivity index (χ0n) is 13.4. The van der Waals surface area contributed by atoms with Crippen molar-refractivity contribution in [3.05, 3.63) is 52.0 Å². The molecule has 2 aromatic rings. The van der Waals surface area contributed by atoms with Crippen LogP contribution in [0.4, 0.5) is 0 Å². The first kappa shape index (κ1) is 15.6. The summed E-state index contributed by atoms with van der Waals surface area (Å²) in [6, 6.07) is 8.22. The monoisotopic (exact) mass is 346 g/mol. The molecule has 0 radical (unpaired) electrons. The Morgan fingerprint density at radius 1 is 1.35 bits per heavy atom. The second-order valence-corrected chi connectivity index (χ2v) is 9.11. The van der Waals surface area contributed by atoms with Gasteiger partial charge in [0.25, 0.3) is 0 Å². The highest BCUT2D eigenvalue weighted by Gasteiger charge is 2.49. The molecule has 0 saturated carbocycles. The quantitative estimate of drug-likeness (QED) is 0.824. The maximum Gasteiger partial charge on any atom is 0.0892 e. The molecule has 4 heterocycles. The van der Waals surface area contributed by atoms with Crippen LogP contribution >= 0.6 is 23.1 Å². The Morgan fingerprint density at radius 2 is 2.26 bits per heavy atom. The Kier molecular flexibility index (Phi) is 4.46. The molecule has 3 nitrogen and oxygen atoms in total. The highest BCUT2D eigenvalue weighted by atomic mass is 32.2. The Bertz CT molecular complexity index is 652. The minimum absolute atomic E-state index is 0.382. The molecule has 4 rings (SSSR count). The molecule has 1 unspecified atom stereocenters. The van der Waals surface area contributed by atoms with Crippen LogP contribution in [-0.4, -0.2) is 39.6 Å². The molecule has 23 heavy (non-hydrogen) atoms. The van der Waals surface area contributed by atoms with E-state index in [2.05, 4.69) is 40.0 Å². The van der Waals surface area contributed by atoms with Gasteiger partial charge in [0.15, 0.2) is 0 Å². The third kappa shape index (κ3) is 3.48. The van der Waals surface area contributed by atoms with Gasteiger partial charge in [0.05, 0.1) is 18.4 Å². The number of thioether (sulfide) groups is 1. The van der Waals surface area contributed by atoms with E-state index in [1.165, 1.54) is 30.0 Å². The summed E-state index contributed by atoms with van der Waals surface area (Å²) in [6.45, 7) is 6.38. The van der Waals surface area contributed by atoms with Crippen LogP contribution in [0.5, 0.6) is 0 Å². The molecule has 0 N–H and O–H groups in total. The molecule has 2 saturated heterocycles. The van der Waals surface area contributed by atoms with Crippen LogP contribution in [0.3, 0.4) is 0 Å². The third-order valence-electron chi connectivity index (χ3n) is 4.73. The van der Waals surface area contributed by atoms with Crippen molar-refractivity contribution in [2.75, 3.05) is 18.8 Å². The van der Waals surface area contributed by atoms with Gasteiger partial charge in [-0.2, -0.15) is 0 Å². The molecule has 0 bridgehead atoms. The number of hydrogen-bond acceptors (Lipinski definition) is 5. The first-order valence-corrected chi connectivity index (χ1v) is 10.00. The highest BCUT2D eigenvalue weighted by Crippen LogP contribution is 2.46. The predicted octanol–water partition coefficient (Wildman–Crippen LogP) is 3.73. The van der Waals surface area contributed by atoms with Crippen LogP contribution in [-0.2, 0) is 17.9 Å². The second-order valence-electron chi connectivity index (χ2n) is 6.62. The summed E-state index contributed by atoms with van der Waals surface area (Å²) < 4.78 is 6.53. The van der Waals surface area contributed by atoms with Crippen molar-refractivity contribution in [2.45, 2.75) is 37.3 Å². The molecule has 122 valence electrons. The van der Waals surface area contributed by atoms with Gasteiger partial charge in [-0.15, -0.1) is 23.1 Å². The average Bonchev–Trinajstić information content (AvgIpc) is 3.13. The van der Waals surface area contributed by atoms with Crippen molar-refractivity contribution in [1.82, 2.24) is 9.88 Å². The Labute approximate surface area is 146 Å². The van der Waals surface area contributed by atoms with E-state index in [0.717, 1.165) is 18.0 Å². The van der Waals surface area contributed by atoms with Crippen molar-refractivity contribution in [3.63, 3.8) is 0 Å². The van der Waals surface area contributed by atoms with Crippen molar-refractivity contribution in [3.8, 4) is 0 Å². The molecule has 0 aliphatic carbocycles. The maximum atomic E-state index is 6.08. The summed E-state index contributed by atoms with van der Waals surface area (Å²) in [4.78, 5) is 8.43. The van der Waals surface area contributed by atoms with Gasteiger partial charge in [-0.3, -0.25) is 9.88 Å². The lowest BCUT2D eigenvalue weighted by molar-refractivity contribution is 0.0253. The van der Waals surface area contributed by atoms with E-state index in [1.54, 1.807) is 0 Å². The molecular weight excluding hydrogens is 324 g/mol. The van der Waals surface area contributed by atoms with Crippen LogP contribution in [0, 0.1) is 6.92 Å². The van der Waals surface area contributed by atoms with Gasteiger partial charge in [0.2, 0.25) is 0 Å². The number of ether oxygens (including phenoxy) is 1. The van der Waals surface area contributed by atoms with Crippen molar-refractivity contribution in [1.29, 1.82) is 0 Å². The van der Waals surface area contributed by atoms with Gasteiger partial charge in [0, 0.05) is 41.2 Å². The number of thiophene rings is 1. The fraction of sp³-hybridized carbons (Fsp3) is 0.500. The lowest BCUT2D eigenvalue weighted by Gasteiger charge is -2.47. The minimum Gasteiger partial charge on any atom is -0.371 e. The van der Waals surface area contributed by atoms with Crippen molar-refractivity contribution < 1.29 is 4.74 Å². The van der Waals surface area contributed by atoms with Crippen molar-refractivity contribution in [2.24, 2.45) is 0 Å². The summed E-state index contributed by atoms with van der Waals surface area (Å²) in [6.07, 6.45) is 3.40. The molecule has 0 aromatic carbocycles. The fourth-order valence-corrected chi connectivity index (χ4v) is 6.02. The number of aromatic nitrogens is 1. The second kappa shape index (κ2) is 6.55. The molecule has 1 atom stereocenters. The zero-order chi connectivity index (χ0) is 15.7. The van der Waals surface area contributed by atoms with Crippen LogP contribution in [0.1, 0.15) is 22.6 Å². The highest BCUT2D eigenvalue weighted by molar-refractivity contribution is 8.01. The first-order valence-electron chi connectivity index (χ1n) is 8.13. The maximum absolute atomic E-state index is 6.08. The molecule has 0 amide bonds. The zero-order valence-corrected chi connectivity index (χ0v) is 15.0. The average molecular weight is 347 g/mol. The van der Waals surface area contributed by atoms with Gasteiger partial charge >= 0.3 is 0 Å². The smallest absolute Gasteiger partial charge is 0.0892 e. The van der Waals surface area contributed by atoms with E-state index in [0.29, 0.717) is 17.5 Å². The van der Waals surface area contributed by atoms with Gasteiger partial charge < -0.3 is 4.74 Å². The standard InChI is InChI=1S/C18H22N2OS2/c1-14-5-7-22-17(14)9-20-12-18(13-20)8-16(11-23-18)21-10-15-4-2-3-6-19-15/h2-7,16H,8-13H2,1H3. The molecular formula is C18H22N2OS2. The van der Waals surface area contributed by atoms with E-state index in [4.69, 9.17) is 4.74 Å². The van der Waals surface area contributed by atoms with E-state index >= 15 is 0 Å². The van der Waals surface area contributed by atoms with E-state index in [9.17, 15) is 0 Å². The molecule has 1 spiro atoms. The van der Waals surface area contributed by atoms with Crippen LogP contribution in [0.2, 0.25) is 0 Å². The summed E-state index contributed by atoms with van der Waals surface area (Å²) in [5, 5.41) is 2.20. The summed E-state index contributed by atoms with van der Waals surface area (Å²) in [7, 11) is 0. The number of hydrogen-bond donors (Lipinski definition) is 0.